The molecule has 0 aromatic rings. The monoisotopic (exact) mass is 518 g/mol. The maximum atomic E-state index is 13.1. The molecular formula is C24H42O10Si. The van der Waals surface area contributed by atoms with Gasteiger partial charge in [-0.1, -0.05) is 34.1 Å². The number of esters is 3. The van der Waals surface area contributed by atoms with E-state index in [1.807, 2.05) is 6.92 Å². The molecule has 0 spiro atoms. The molecule has 0 aliphatic carbocycles. The Morgan fingerprint density at radius 2 is 1.63 bits per heavy atom. The third-order valence-corrected chi connectivity index (χ3v) is 11.0. The highest BCUT2D eigenvalue weighted by Crippen LogP contribution is 2.44. The number of hydrogen-bond acceptors (Lipinski definition) is 10. The number of aliphatic hydroxyl groups is 1. The van der Waals surface area contributed by atoms with Gasteiger partial charge in [0.15, 0.2) is 14.1 Å². The third-order valence-electron chi connectivity index (χ3n) is 6.51. The molecule has 0 saturated carbocycles. The largest absolute Gasteiger partial charge is 0.467 e. The molecule has 1 heterocycles. The first-order valence-electron chi connectivity index (χ1n) is 11.6. The predicted molar refractivity (Wildman–Crippen MR) is 130 cm³/mol. The Morgan fingerprint density at radius 3 is 2.06 bits per heavy atom. The van der Waals surface area contributed by atoms with E-state index < -0.39 is 61.5 Å². The van der Waals surface area contributed by atoms with E-state index in [1.54, 1.807) is 13.8 Å². The zero-order valence-electron chi connectivity index (χ0n) is 22.8. The number of methoxy groups -OCH3 is 3. The molecule has 0 aromatic carbocycles. The fourth-order valence-electron chi connectivity index (χ4n) is 3.66. The van der Waals surface area contributed by atoms with E-state index in [4.69, 9.17) is 23.4 Å². The average Bonchev–Trinajstić information content (AvgIpc) is 3.10. The molecule has 1 N–H and O–H groups in total. The number of rotatable bonds is 10. The van der Waals surface area contributed by atoms with Gasteiger partial charge in [-0.05, 0) is 38.4 Å². The Balaban J connectivity index is 3.79. The summed E-state index contributed by atoms with van der Waals surface area (Å²) < 4.78 is 33.2. The summed E-state index contributed by atoms with van der Waals surface area (Å²) in [6, 6.07) is 0. The van der Waals surface area contributed by atoms with E-state index in [0.29, 0.717) is 18.9 Å². The number of hydrogen-bond donors (Lipinski definition) is 1. The lowest BCUT2D eigenvalue weighted by Crippen LogP contribution is -2.60. The highest BCUT2D eigenvalue weighted by molar-refractivity contribution is 6.74. The molecular weight excluding hydrogens is 476 g/mol. The molecule has 4 atom stereocenters. The standard InChI is InChI=1S/C24H42O10Si/c1-12-13-16(34-35(10,11)22(2,3)4)18-19(33-23(5,6)32-18)24(28,21(27)31-9)15(20(26)30-8)14-17(25)29-7/h14,16,18-19,28H,12-13H2,1-11H3/b15-14+/t16-,18-,19+,24+/m0/s1. The summed E-state index contributed by atoms with van der Waals surface area (Å²) in [7, 11) is 0.851. The fraction of sp³-hybridized carbons (Fsp3) is 0.792. The molecule has 0 unspecified atom stereocenters. The van der Waals surface area contributed by atoms with Crippen LogP contribution in [0.4, 0.5) is 0 Å². The van der Waals surface area contributed by atoms with Crippen molar-refractivity contribution in [2.24, 2.45) is 0 Å². The molecule has 1 fully saturated rings. The Bertz CT molecular complexity index is 814. The third kappa shape index (κ3) is 6.91. The van der Waals surface area contributed by atoms with Gasteiger partial charge in [-0.2, -0.15) is 0 Å². The Morgan fingerprint density at radius 1 is 1.06 bits per heavy atom. The van der Waals surface area contributed by atoms with Crippen molar-refractivity contribution in [3.63, 3.8) is 0 Å². The Kier molecular flexibility index (Phi) is 10.3. The van der Waals surface area contributed by atoms with Crippen LogP contribution >= 0.6 is 0 Å². The number of ether oxygens (including phenoxy) is 5. The van der Waals surface area contributed by atoms with Crippen LogP contribution in [0, 0.1) is 0 Å². The minimum atomic E-state index is -2.77. The molecule has 0 bridgehead atoms. The van der Waals surface area contributed by atoms with Crippen LogP contribution in [0.5, 0.6) is 0 Å². The second-order valence-electron chi connectivity index (χ2n) is 10.6. The van der Waals surface area contributed by atoms with Gasteiger partial charge in [0.1, 0.15) is 12.2 Å². The first-order valence-corrected chi connectivity index (χ1v) is 14.5. The lowest BCUT2D eigenvalue weighted by Gasteiger charge is -2.42. The van der Waals surface area contributed by atoms with Crippen molar-refractivity contribution >= 4 is 26.2 Å². The molecule has 0 amide bonds. The van der Waals surface area contributed by atoms with Gasteiger partial charge in [-0.15, -0.1) is 0 Å². The summed E-state index contributed by atoms with van der Waals surface area (Å²) >= 11 is 0. The highest BCUT2D eigenvalue weighted by atomic mass is 28.4. The molecule has 1 rings (SSSR count). The molecule has 202 valence electrons. The lowest BCUT2D eigenvalue weighted by molar-refractivity contribution is -0.187. The normalized spacial score (nSPS) is 23.3. The summed E-state index contributed by atoms with van der Waals surface area (Å²) in [6.07, 6.45) is -1.13. The Labute approximate surface area is 209 Å². The van der Waals surface area contributed by atoms with Crippen molar-refractivity contribution in [2.45, 2.75) is 102 Å². The van der Waals surface area contributed by atoms with E-state index in [9.17, 15) is 19.5 Å². The molecule has 1 saturated heterocycles. The minimum Gasteiger partial charge on any atom is -0.467 e. The molecule has 11 heteroatoms. The van der Waals surface area contributed by atoms with Gasteiger partial charge >= 0.3 is 17.9 Å². The van der Waals surface area contributed by atoms with E-state index >= 15 is 0 Å². The van der Waals surface area contributed by atoms with Crippen molar-refractivity contribution < 1.29 is 47.6 Å². The molecule has 10 nitrogen and oxygen atoms in total. The summed E-state index contributed by atoms with van der Waals surface area (Å²) in [4.78, 5) is 37.9. The van der Waals surface area contributed by atoms with Gasteiger partial charge in [-0.3, -0.25) is 0 Å². The zero-order valence-corrected chi connectivity index (χ0v) is 23.8. The van der Waals surface area contributed by atoms with Crippen LogP contribution in [0.15, 0.2) is 11.6 Å². The van der Waals surface area contributed by atoms with E-state index in [-0.39, 0.29) is 5.04 Å². The van der Waals surface area contributed by atoms with Gasteiger partial charge in [0.2, 0.25) is 5.60 Å². The average molecular weight is 519 g/mol. The molecule has 1 aliphatic rings. The topological polar surface area (TPSA) is 127 Å². The number of carbonyl (C=O) groups is 3. The summed E-state index contributed by atoms with van der Waals surface area (Å²) in [5.41, 5.74) is -3.46. The van der Waals surface area contributed by atoms with Crippen LogP contribution in [-0.4, -0.2) is 82.4 Å². The van der Waals surface area contributed by atoms with E-state index in [0.717, 1.165) is 21.3 Å². The lowest BCUT2D eigenvalue weighted by atomic mass is 9.82. The van der Waals surface area contributed by atoms with Crippen molar-refractivity contribution in [1.82, 2.24) is 0 Å². The van der Waals surface area contributed by atoms with E-state index in [2.05, 4.69) is 38.6 Å². The van der Waals surface area contributed by atoms with Gasteiger partial charge in [0, 0.05) is 6.08 Å². The quantitative estimate of drug-likeness (QED) is 0.200. The number of carbonyl (C=O) groups excluding carboxylic acids is 3. The Hall–Kier alpha value is -1.79. The van der Waals surface area contributed by atoms with Crippen LogP contribution in [0.3, 0.4) is 0 Å². The van der Waals surface area contributed by atoms with Crippen LogP contribution in [0.1, 0.15) is 54.4 Å². The fourth-order valence-corrected chi connectivity index (χ4v) is 5.02. The van der Waals surface area contributed by atoms with Crippen LogP contribution in [0.25, 0.3) is 0 Å². The maximum absolute atomic E-state index is 13.1. The summed E-state index contributed by atoms with van der Waals surface area (Å²) in [5.74, 6) is -4.60. The highest BCUT2D eigenvalue weighted by Gasteiger charge is 2.62. The second-order valence-corrected chi connectivity index (χ2v) is 15.3. The summed E-state index contributed by atoms with van der Waals surface area (Å²) in [6.45, 7) is 15.6. The van der Waals surface area contributed by atoms with Crippen molar-refractivity contribution in [3.05, 3.63) is 11.6 Å². The van der Waals surface area contributed by atoms with Crippen LogP contribution in [-0.2, 0) is 42.5 Å². The van der Waals surface area contributed by atoms with E-state index in [1.165, 1.54) is 0 Å². The van der Waals surface area contributed by atoms with Crippen molar-refractivity contribution in [2.75, 3.05) is 21.3 Å². The predicted octanol–water partition coefficient (Wildman–Crippen LogP) is 2.87. The van der Waals surface area contributed by atoms with Gasteiger partial charge in [0.05, 0.1) is 33.0 Å². The molecule has 0 aromatic heterocycles. The van der Waals surface area contributed by atoms with Gasteiger partial charge in [0.25, 0.3) is 0 Å². The smallest absolute Gasteiger partial charge is 0.345 e. The first-order chi connectivity index (χ1) is 15.9. The molecule has 35 heavy (non-hydrogen) atoms. The second kappa shape index (κ2) is 11.5. The molecule has 0 radical (unpaired) electrons. The van der Waals surface area contributed by atoms with Gasteiger partial charge in [-0.25, -0.2) is 14.4 Å². The van der Waals surface area contributed by atoms with Crippen LogP contribution < -0.4 is 0 Å². The molecule has 1 aliphatic heterocycles. The van der Waals surface area contributed by atoms with Crippen molar-refractivity contribution in [3.8, 4) is 0 Å². The summed E-state index contributed by atoms with van der Waals surface area (Å²) in [5, 5.41) is 11.7. The first kappa shape index (κ1) is 31.2. The van der Waals surface area contributed by atoms with Crippen molar-refractivity contribution in [1.29, 1.82) is 0 Å². The van der Waals surface area contributed by atoms with Crippen LogP contribution in [0.2, 0.25) is 18.1 Å². The van der Waals surface area contributed by atoms with Gasteiger partial charge < -0.3 is 33.2 Å². The maximum Gasteiger partial charge on any atom is 0.345 e. The zero-order chi connectivity index (χ0) is 27.4. The SMILES string of the molecule is CCC[C@H](O[Si](C)(C)C(C)(C)C)[C@@H]1OC(C)(C)O[C@H]1[C@@](O)(C(=O)OC)/C(=C/C(=O)OC)C(=O)OC. The minimum absolute atomic E-state index is 0.135.